The lowest BCUT2D eigenvalue weighted by Gasteiger charge is -2.26. The number of nitrogens with one attached hydrogen (secondary N) is 1. The normalized spacial score (nSPS) is 14.2. The molecule has 6 nitrogen and oxygen atoms in total. The topological polar surface area (TPSA) is 67.3 Å². The maximum Gasteiger partial charge on any atom is 0.272 e. The van der Waals surface area contributed by atoms with Gasteiger partial charge in [-0.05, 0) is 50.3 Å². The molecule has 2 heterocycles. The van der Waals surface area contributed by atoms with Gasteiger partial charge in [0, 0.05) is 25.3 Å². The minimum Gasteiger partial charge on any atom is -0.496 e. The van der Waals surface area contributed by atoms with Crippen LogP contribution in [0, 0.1) is 6.92 Å². The number of carbonyl (C=O) groups excluding carboxylic acids is 1. The van der Waals surface area contributed by atoms with Crippen LogP contribution in [0.3, 0.4) is 0 Å². The number of likely N-dealkylation sites (tertiary alicyclic amines) is 1. The van der Waals surface area contributed by atoms with E-state index in [1.165, 1.54) is 6.42 Å². The van der Waals surface area contributed by atoms with Crippen molar-refractivity contribution >= 4 is 11.9 Å². The largest absolute Gasteiger partial charge is 0.496 e. The van der Waals surface area contributed by atoms with Gasteiger partial charge in [-0.25, -0.2) is 9.97 Å². The third kappa shape index (κ3) is 4.50. The third-order valence-corrected chi connectivity index (χ3v) is 4.59. The van der Waals surface area contributed by atoms with Crippen molar-refractivity contribution in [2.24, 2.45) is 0 Å². The van der Waals surface area contributed by atoms with Gasteiger partial charge in [-0.15, -0.1) is 0 Å². The molecule has 1 aliphatic heterocycles. The Balaban J connectivity index is 1.65. The molecule has 0 radical (unpaired) electrons. The minimum absolute atomic E-state index is 0.00276. The van der Waals surface area contributed by atoms with Gasteiger partial charge in [-0.3, -0.25) is 4.79 Å². The number of carbonyl (C=O) groups is 1. The zero-order chi connectivity index (χ0) is 18.4. The van der Waals surface area contributed by atoms with Crippen LogP contribution >= 0.6 is 0 Å². The van der Waals surface area contributed by atoms with Crippen molar-refractivity contribution in [3.63, 3.8) is 0 Å². The van der Waals surface area contributed by atoms with Crippen LogP contribution in [0.4, 0.5) is 5.95 Å². The number of rotatable bonds is 6. The van der Waals surface area contributed by atoms with Gasteiger partial charge in [0.15, 0.2) is 0 Å². The SMILES string of the molecule is COc1ccccc1CCNc1nc(C)cc(C(=O)N2CCCCC2)n1. The van der Waals surface area contributed by atoms with Crippen LogP contribution in [0.2, 0.25) is 0 Å². The average molecular weight is 354 g/mol. The predicted octanol–water partition coefficient (Wildman–Crippen LogP) is 3.07. The molecule has 26 heavy (non-hydrogen) atoms. The molecule has 0 aliphatic carbocycles. The molecule has 3 rings (SSSR count). The fraction of sp³-hybridized carbons (Fsp3) is 0.450. The Kier molecular flexibility index (Phi) is 6.04. The number of anilines is 1. The number of amides is 1. The molecule has 0 unspecified atom stereocenters. The van der Waals surface area contributed by atoms with Crippen LogP contribution in [-0.2, 0) is 6.42 Å². The molecule has 1 fully saturated rings. The summed E-state index contributed by atoms with van der Waals surface area (Å²) < 4.78 is 5.38. The van der Waals surface area contributed by atoms with Gasteiger partial charge in [-0.1, -0.05) is 18.2 Å². The Morgan fingerprint density at radius 1 is 1.19 bits per heavy atom. The molecule has 2 aromatic rings. The summed E-state index contributed by atoms with van der Waals surface area (Å²) in [7, 11) is 1.68. The molecule has 1 N–H and O–H groups in total. The van der Waals surface area contributed by atoms with Crippen molar-refractivity contribution < 1.29 is 9.53 Å². The van der Waals surface area contributed by atoms with E-state index in [1.54, 1.807) is 13.2 Å². The summed E-state index contributed by atoms with van der Waals surface area (Å²) in [5.41, 5.74) is 2.39. The van der Waals surface area contributed by atoms with Gasteiger partial charge >= 0.3 is 0 Å². The Hall–Kier alpha value is -2.63. The standard InChI is InChI=1S/C20H26N4O2/c1-15-14-17(19(25)24-12-6-3-7-13-24)23-20(22-15)21-11-10-16-8-4-5-9-18(16)26-2/h4-5,8-9,14H,3,6-7,10-13H2,1-2H3,(H,21,22,23). The van der Waals surface area contributed by atoms with Crippen LogP contribution in [0.1, 0.15) is 41.0 Å². The van der Waals surface area contributed by atoms with Crippen molar-refractivity contribution in [2.75, 3.05) is 32.1 Å². The second-order valence-electron chi connectivity index (χ2n) is 6.56. The number of piperidine rings is 1. The lowest BCUT2D eigenvalue weighted by atomic mass is 10.1. The van der Waals surface area contributed by atoms with E-state index in [9.17, 15) is 4.79 Å². The van der Waals surface area contributed by atoms with E-state index in [1.807, 2.05) is 36.1 Å². The molecule has 0 saturated carbocycles. The Morgan fingerprint density at radius 3 is 2.73 bits per heavy atom. The number of aryl methyl sites for hydroxylation is 1. The number of para-hydroxylation sites is 1. The van der Waals surface area contributed by atoms with Crippen molar-refractivity contribution in [1.29, 1.82) is 0 Å². The molecule has 1 saturated heterocycles. The van der Waals surface area contributed by atoms with Crippen molar-refractivity contribution in [3.05, 3.63) is 47.3 Å². The number of hydrogen-bond donors (Lipinski definition) is 1. The van der Waals surface area contributed by atoms with E-state index < -0.39 is 0 Å². The predicted molar refractivity (Wildman–Crippen MR) is 102 cm³/mol. The number of hydrogen-bond acceptors (Lipinski definition) is 5. The number of aromatic nitrogens is 2. The number of ether oxygens (including phenoxy) is 1. The summed E-state index contributed by atoms with van der Waals surface area (Å²) in [5, 5.41) is 3.23. The number of methoxy groups -OCH3 is 1. The second kappa shape index (κ2) is 8.65. The van der Waals surface area contributed by atoms with E-state index in [-0.39, 0.29) is 5.91 Å². The lowest BCUT2D eigenvalue weighted by molar-refractivity contribution is 0.0718. The van der Waals surface area contributed by atoms with E-state index in [0.29, 0.717) is 18.2 Å². The molecule has 1 aromatic heterocycles. The van der Waals surface area contributed by atoms with Gasteiger partial charge in [0.25, 0.3) is 5.91 Å². The first-order chi connectivity index (χ1) is 12.7. The van der Waals surface area contributed by atoms with Gasteiger partial charge in [0.05, 0.1) is 7.11 Å². The quantitative estimate of drug-likeness (QED) is 0.863. The van der Waals surface area contributed by atoms with Gasteiger partial charge in [-0.2, -0.15) is 0 Å². The Labute approximate surface area is 154 Å². The number of benzene rings is 1. The summed E-state index contributed by atoms with van der Waals surface area (Å²) in [5.74, 6) is 1.38. The highest BCUT2D eigenvalue weighted by atomic mass is 16.5. The van der Waals surface area contributed by atoms with Gasteiger partial charge in [0.1, 0.15) is 11.4 Å². The molecule has 0 bridgehead atoms. The van der Waals surface area contributed by atoms with Gasteiger partial charge in [0.2, 0.25) is 5.95 Å². The monoisotopic (exact) mass is 354 g/mol. The second-order valence-corrected chi connectivity index (χ2v) is 6.56. The van der Waals surface area contributed by atoms with Gasteiger partial charge < -0.3 is 15.0 Å². The van der Waals surface area contributed by atoms with E-state index in [0.717, 1.165) is 49.4 Å². The zero-order valence-corrected chi connectivity index (χ0v) is 15.5. The average Bonchev–Trinajstić information content (AvgIpc) is 2.68. The Bertz CT molecular complexity index is 757. The van der Waals surface area contributed by atoms with E-state index in [4.69, 9.17) is 4.74 Å². The van der Waals surface area contributed by atoms with Crippen LogP contribution in [0.5, 0.6) is 5.75 Å². The highest BCUT2D eigenvalue weighted by Gasteiger charge is 2.20. The third-order valence-electron chi connectivity index (χ3n) is 4.59. The smallest absolute Gasteiger partial charge is 0.272 e. The molecule has 138 valence electrons. The maximum absolute atomic E-state index is 12.7. The fourth-order valence-electron chi connectivity index (χ4n) is 3.23. The first kappa shape index (κ1) is 18.2. The summed E-state index contributed by atoms with van der Waals surface area (Å²) in [4.78, 5) is 23.4. The molecular formula is C20H26N4O2. The Morgan fingerprint density at radius 2 is 1.96 bits per heavy atom. The molecule has 1 amide bonds. The number of nitrogens with zero attached hydrogens (tertiary/aromatic N) is 3. The molecule has 0 spiro atoms. The molecule has 1 aliphatic rings. The summed E-state index contributed by atoms with van der Waals surface area (Å²) in [6.07, 6.45) is 4.12. The first-order valence-electron chi connectivity index (χ1n) is 9.18. The highest BCUT2D eigenvalue weighted by molar-refractivity contribution is 5.92. The van der Waals surface area contributed by atoms with Crippen molar-refractivity contribution in [2.45, 2.75) is 32.6 Å². The van der Waals surface area contributed by atoms with E-state index in [2.05, 4.69) is 15.3 Å². The fourth-order valence-corrected chi connectivity index (χ4v) is 3.23. The molecule has 6 heteroatoms. The van der Waals surface area contributed by atoms with E-state index >= 15 is 0 Å². The highest BCUT2D eigenvalue weighted by Crippen LogP contribution is 2.18. The summed E-state index contributed by atoms with van der Waals surface area (Å²) >= 11 is 0. The van der Waals surface area contributed by atoms with Crippen LogP contribution in [-0.4, -0.2) is 47.5 Å². The maximum atomic E-state index is 12.7. The molecule has 1 aromatic carbocycles. The summed E-state index contributed by atoms with van der Waals surface area (Å²) in [6, 6.07) is 9.72. The minimum atomic E-state index is 0.00276. The van der Waals surface area contributed by atoms with Crippen molar-refractivity contribution in [1.82, 2.24) is 14.9 Å². The first-order valence-corrected chi connectivity index (χ1v) is 9.18. The zero-order valence-electron chi connectivity index (χ0n) is 15.5. The van der Waals surface area contributed by atoms with Crippen LogP contribution in [0.25, 0.3) is 0 Å². The van der Waals surface area contributed by atoms with Crippen LogP contribution in [0.15, 0.2) is 30.3 Å². The molecular weight excluding hydrogens is 328 g/mol. The molecule has 0 atom stereocenters. The lowest BCUT2D eigenvalue weighted by Crippen LogP contribution is -2.36. The summed E-state index contributed by atoms with van der Waals surface area (Å²) in [6.45, 7) is 4.19. The van der Waals surface area contributed by atoms with Crippen LogP contribution < -0.4 is 10.1 Å². The van der Waals surface area contributed by atoms with Crippen molar-refractivity contribution in [3.8, 4) is 5.75 Å².